The number of hydrogen-bond donors (Lipinski definition) is 2. The van der Waals surface area contributed by atoms with Crippen LogP contribution in [0.4, 0.5) is 18.0 Å². The van der Waals surface area contributed by atoms with Crippen LogP contribution in [-0.2, 0) is 0 Å². The van der Waals surface area contributed by atoms with Crippen LogP contribution in [0.5, 0.6) is 0 Å². The molecule has 1 saturated heterocycles. The molecule has 0 spiro atoms. The number of halogens is 3. The first-order valence-electron chi connectivity index (χ1n) is 5.65. The summed E-state index contributed by atoms with van der Waals surface area (Å²) in [6.07, 6.45) is -3.68. The summed E-state index contributed by atoms with van der Waals surface area (Å²) < 4.78 is 36.4. The van der Waals surface area contributed by atoms with Crippen LogP contribution in [0, 0.1) is 0 Å². The van der Waals surface area contributed by atoms with Crippen molar-refractivity contribution >= 4 is 6.03 Å². The lowest BCUT2D eigenvalue weighted by atomic mass is 10.0. The summed E-state index contributed by atoms with van der Waals surface area (Å²) >= 11 is 0. The number of carbonyl (C=O) groups excluding carboxylic acids is 1. The van der Waals surface area contributed by atoms with E-state index in [1.165, 1.54) is 11.8 Å². The highest BCUT2D eigenvalue weighted by atomic mass is 19.4. The maximum Gasteiger partial charge on any atom is 0.390 e. The number of likely N-dealkylation sites (tertiary alicyclic amines) is 1. The Labute approximate surface area is 98.3 Å². The number of alkyl halides is 3. The quantitative estimate of drug-likeness (QED) is 0.800. The van der Waals surface area contributed by atoms with Crippen LogP contribution in [0.15, 0.2) is 0 Å². The molecule has 1 unspecified atom stereocenters. The van der Waals surface area contributed by atoms with Gasteiger partial charge in [-0.2, -0.15) is 13.2 Å². The van der Waals surface area contributed by atoms with E-state index in [-0.39, 0.29) is 6.04 Å². The lowest BCUT2D eigenvalue weighted by Crippen LogP contribution is -2.49. The van der Waals surface area contributed by atoms with Gasteiger partial charge in [-0.3, -0.25) is 0 Å². The van der Waals surface area contributed by atoms with E-state index in [9.17, 15) is 18.0 Å². The molecule has 0 bridgehead atoms. The number of rotatable bonds is 3. The molecule has 0 aliphatic carbocycles. The molecule has 1 aliphatic heterocycles. The molecule has 0 aromatic carbocycles. The standard InChI is InChI=1S/C10H18F3N3O/c1-7(6-10(11,12)13)15-8-2-4-16(5-3-8)9(14)17/h7-8,15H,2-6H2,1H3,(H2,14,17). The lowest BCUT2D eigenvalue weighted by Gasteiger charge is -2.33. The minimum absolute atomic E-state index is 0.0305. The molecule has 1 aliphatic rings. The van der Waals surface area contributed by atoms with Crippen molar-refractivity contribution in [3.8, 4) is 0 Å². The Morgan fingerprint density at radius 3 is 2.41 bits per heavy atom. The van der Waals surface area contributed by atoms with Gasteiger partial charge in [-0.1, -0.05) is 0 Å². The van der Waals surface area contributed by atoms with Crippen LogP contribution in [0.25, 0.3) is 0 Å². The topological polar surface area (TPSA) is 58.4 Å². The monoisotopic (exact) mass is 253 g/mol. The highest BCUT2D eigenvalue weighted by Gasteiger charge is 2.31. The fraction of sp³-hybridized carbons (Fsp3) is 0.900. The van der Waals surface area contributed by atoms with Crippen molar-refractivity contribution in [2.45, 2.75) is 44.4 Å². The number of primary amides is 1. The highest BCUT2D eigenvalue weighted by Crippen LogP contribution is 2.22. The van der Waals surface area contributed by atoms with Crippen LogP contribution in [0.3, 0.4) is 0 Å². The lowest BCUT2D eigenvalue weighted by molar-refractivity contribution is -0.139. The van der Waals surface area contributed by atoms with E-state index in [4.69, 9.17) is 5.73 Å². The molecule has 7 heteroatoms. The van der Waals surface area contributed by atoms with Gasteiger partial charge in [0.1, 0.15) is 0 Å². The van der Waals surface area contributed by atoms with E-state index in [0.29, 0.717) is 25.9 Å². The second-order valence-electron chi connectivity index (χ2n) is 4.49. The molecule has 0 radical (unpaired) electrons. The highest BCUT2D eigenvalue weighted by molar-refractivity contribution is 5.72. The number of piperidine rings is 1. The number of nitrogens with one attached hydrogen (secondary N) is 1. The van der Waals surface area contributed by atoms with Gasteiger partial charge in [0.05, 0.1) is 6.42 Å². The Balaban J connectivity index is 2.28. The van der Waals surface area contributed by atoms with Gasteiger partial charge >= 0.3 is 12.2 Å². The molecule has 100 valence electrons. The van der Waals surface area contributed by atoms with Crippen molar-refractivity contribution in [1.29, 1.82) is 0 Å². The number of hydrogen-bond acceptors (Lipinski definition) is 2. The average molecular weight is 253 g/mol. The van der Waals surface area contributed by atoms with Crippen molar-refractivity contribution in [1.82, 2.24) is 10.2 Å². The van der Waals surface area contributed by atoms with E-state index >= 15 is 0 Å². The van der Waals surface area contributed by atoms with Gasteiger partial charge in [-0.05, 0) is 19.8 Å². The first-order chi connectivity index (χ1) is 7.78. The van der Waals surface area contributed by atoms with Crippen molar-refractivity contribution in [3.63, 3.8) is 0 Å². The molecule has 0 aromatic rings. The SMILES string of the molecule is CC(CC(F)(F)F)NC1CCN(C(N)=O)CC1. The van der Waals surface area contributed by atoms with Gasteiger partial charge in [-0.25, -0.2) is 4.79 Å². The summed E-state index contributed by atoms with van der Waals surface area (Å²) in [5.74, 6) is 0. The molecule has 0 aromatic heterocycles. The zero-order valence-corrected chi connectivity index (χ0v) is 9.76. The molecule has 1 rings (SSSR count). The second kappa shape index (κ2) is 5.57. The number of nitrogens with two attached hydrogens (primary N) is 1. The number of carbonyl (C=O) groups is 1. The van der Waals surface area contributed by atoms with E-state index in [1.54, 1.807) is 0 Å². The maximum absolute atomic E-state index is 12.1. The predicted molar refractivity (Wildman–Crippen MR) is 57.4 cm³/mol. The maximum atomic E-state index is 12.1. The molecule has 0 saturated carbocycles. The normalized spacial score (nSPS) is 20.4. The Hall–Kier alpha value is -0.980. The minimum atomic E-state index is -4.14. The fourth-order valence-corrected chi connectivity index (χ4v) is 2.08. The Bertz CT molecular complexity index is 262. The van der Waals surface area contributed by atoms with Crippen molar-refractivity contribution in [3.05, 3.63) is 0 Å². The summed E-state index contributed by atoms with van der Waals surface area (Å²) in [6, 6.07) is -1.03. The van der Waals surface area contributed by atoms with Crippen LogP contribution >= 0.6 is 0 Å². The third-order valence-corrected chi connectivity index (χ3v) is 2.86. The van der Waals surface area contributed by atoms with Gasteiger partial charge < -0.3 is 16.0 Å². The van der Waals surface area contributed by atoms with Gasteiger partial charge in [-0.15, -0.1) is 0 Å². The molecule has 3 N–H and O–H groups in total. The second-order valence-corrected chi connectivity index (χ2v) is 4.49. The van der Waals surface area contributed by atoms with Gasteiger partial charge in [0.2, 0.25) is 0 Å². The first-order valence-corrected chi connectivity index (χ1v) is 5.65. The van der Waals surface area contributed by atoms with Gasteiger partial charge in [0.25, 0.3) is 0 Å². The number of urea groups is 1. The number of amides is 2. The molecule has 2 amide bonds. The van der Waals surface area contributed by atoms with Crippen molar-refractivity contribution in [2.75, 3.05) is 13.1 Å². The van der Waals surface area contributed by atoms with Crippen LogP contribution in [0.2, 0.25) is 0 Å². The molecule has 1 fully saturated rings. The zero-order chi connectivity index (χ0) is 13.1. The van der Waals surface area contributed by atoms with Crippen molar-refractivity contribution in [2.24, 2.45) is 5.73 Å². The largest absolute Gasteiger partial charge is 0.390 e. The molecule has 17 heavy (non-hydrogen) atoms. The summed E-state index contributed by atoms with van der Waals surface area (Å²) in [6.45, 7) is 2.53. The average Bonchev–Trinajstić information content (AvgIpc) is 2.15. The third kappa shape index (κ3) is 5.25. The molecule has 4 nitrogen and oxygen atoms in total. The first kappa shape index (κ1) is 14.1. The summed E-state index contributed by atoms with van der Waals surface area (Å²) in [7, 11) is 0. The third-order valence-electron chi connectivity index (χ3n) is 2.86. The van der Waals surface area contributed by atoms with E-state index in [2.05, 4.69) is 5.32 Å². The molecule has 1 heterocycles. The molecule has 1 atom stereocenters. The fourth-order valence-electron chi connectivity index (χ4n) is 2.08. The van der Waals surface area contributed by atoms with E-state index < -0.39 is 24.7 Å². The van der Waals surface area contributed by atoms with E-state index in [0.717, 1.165) is 0 Å². The summed E-state index contributed by atoms with van der Waals surface area (Å²) in [5, 5.41) is 2.94. The Morgan fingerprint density at radius 2 is 2.00 bits per heavy atom. The zero-order valence-electron chi connectivity index (χ0n) is 9.76. The van der Waals surface area contributed by atoms with Crippen LogP contribution in [0.1, 0.15) is 26.2 Å². The van der Waals surface area contributed by atoms with Gasteiger partial charge in [0, 0.05) is 25.2 Å². The Morgan fingerprint density at radius 1 is 1.47 bits per heavy atom. The Kier molecular flexibility index (Phi) is 4.62. The number of nitrogens with zero attached hydrogens (tertiary/aromatic N) is 1. The van der Waals surface area contributed by atoms with Crippen LogP contribution in [-0.4, -0.2) is 42.3 Å². The summed E-state index contributed by atoms with van der Waals surface area (Å²) in [4.78, 5) is 12.4. The molecular weight excluding hydrogens is 235 g/mol. The smallest absolute Gasteiger partial charge is 0.351 e. The van der Waals surface area contributed by atoms with Gasteiger partial charge in [0.15, 0.2) is 0 Å². The summed E-state index contributed by atoms with van der Waals surface area (Å²) in [5.41, 5.74) is 5.11. The predicted octanol–water partition coefficient (Wildman–Crippen LogP) is 1.46. The molecular formula is C10H18F3N3O. The van der Waals surface area contributed by atoms with Crippen LogP contribution < -0.4 is 11.1 Å². The van der Waals surface area contributed by atoms with Crippen molar-refractivity contribution < 1.29 is 18.0 Å². The van der Waals surface area contributed by atoms with E-state index in [1.807, 2.05) is 0 Å². The minimum Gasteiger partial charge on any atom is -0.351 e.